The Kier molecular flexibility index (Phi) is 11.2. The van der Waals surface area contributed by atoms with Crippen molar-refractivity contribution in [2.75, 3.05) is 26.8 Å². The highest BCUT2D eigenvalue weighted by Crippen LogP contribution is 2.25. The number of halogens is 1. The first-order valence-corrected chi connectivity index (χ1v) is 16.1. The molecule has 0 spiro atoms. The number of benzene rings is 2. The molecule has 2 aromatic carbocycles. The molecule has 0 atom stereocenters. The van der Waals surface area contributed by atoms with Gasteiger partial charge in [-0.15, -0.1) is 0 Å². The molecule has 40 heavy (non-hydrogen) atoms. The first kappa shape index (κ1) is 30.2. The maximum Gasteiger partial charge on any atom is 0.238 e. The fourth-order valence-corrected chi connectivity index (χ4v) is 6.45. The molecule has 0 aliphatic heterocycles. The molecule has 1 aliphatic rings. The van der Waals surface area contributed by atoms with Crippen LogP contribution >= 0.6 is 15.9 Å². The summed E-state index contributed by atoms with van der Waals surface area (Å²) in [6, 6.07) is 21.6. The van der Waals surface area contributed by atoms with Crippen LogP contribution < -0.4 is 0 Å². The number of carbonyl (C=O) groups is 1. The molecule has 1 amide bonds. The van der Waals surface area contributed by atoms with Crippen molar-refractivity contribution in [3.05, 3.63) is 99.6 Å². The van der Waals surface area contributed by atoms with Crippen LogP contribution in [-0.4, -0.2) is 60.9 Å². The van der Waals surface area contributed by atoms with Gasteiger partial charge in [0.15, 0.2) is 0 Å². The molecule has 214 valence electrons. The molecular weight excluding hydrogens is 590 g/mol. The number of nitrogens with zero attached hydrogens (tertiary/aromatic N) is 3. The standard InChI is InChI=1S/C31H38BrN3O4S/c1-39-21-20-34(40(37,38)22-18-26-9-4-2-5-10-26)25-31(36)35(29-11-6-3-7-12-29)24-30-13-8-19-33(30)23-27-14-16-28(32)17-15-27/h2,4-5,8-10,13-19,22,29H,3,6-7,11-12,20-21,23-25H2,1H3. The third kappa shape index (κ3) is 8.64. The summed E-state index contributed by atoms with van der Waals surface area (Å²) in [5.41, 5.74) is 2.97. The number of aromatic nitrogens is 1. The van der Waals surface area contributed by atoms with Crippen molar-refractivity contribution in [1.29, 1.82) is 0 Å². The van der Waals surface area contributed by atoms with E-state index in [0.717, 1.165) is 47.8 Å². The smallest absolute Gasteiger partial charge is 0.238 e. The van der Waals surface area contributed by atoms with Crippen LogP contribution in [0.1, 0.15) is 48.9 Å². The van der Waals surface area contributed by atoms with Crippen molar-refractivity contribution >= 4 is 37.9 Å². The van der Waals surface area contributed by atoms with Gasteiger partial charge in [-0.1, -0.05) is 77.7 Å². The van der Waals surface area contributed by atoms with Crippen LogP contribution in [0.25, 0.3) is 6.08 Å². The van der Waals surface area contributed by atoms with E-state index in [2.05, 4.69) is 32.6 Å². The van der Waals surface area contributed by atoms with Crippen molar-refractivity contribution in [2.24, 2.45) is 0 Å². The second-order valence-electron chi connectivity index (χ2n) is 10.2. The summed E-state index contributed by atoms with van der Waals surface area (Å²) < 4.78 is 36.3. The molecule has 9 heteroatoms. The summed E-state index contributed by atoms with van der Waals surface area (Å²) in [7, 11) is -2.32. The molecule has 1 saturated carbocycles. The van der Waals surface area contributed by atoms with E-state index in [1.54, 1.807) is 6.08 Å². The molecule has 4 rings (SSSR count). The van der Waals surface area contributed by atoms with Crippen molar-refractivity contribution < 1.29 is 17.9 Å². The zero-order valence-electron chi connectivity index (χ0n) is 23.0. The van der Waals surface area contributed by atoms with Crippen LogP contribution in [0.4, 0.5) is 0 Å². The Morgan fingerprint density at radius 3 is 2.45 bits per heavy atom. The van der Waals surface area contributed by atoms with Gasteiger partial charge >= 0.3 is 0 Å². The van der Waals surface area contributed by atoms with E-state index in [9.17, 15) is 13.2 Å². The first-order chi connectivity index (χ1) is 19.4. The lowest BCUT2D eigenvalue weighted by atomic mass is 9.94. The van der Waals surface area contributed by atoms with Gasteiger partial charge < -0.3 is 14.2 Å². The zero-order chi connectivity index (χ0) is 28.4. The SMILES string of the molecule is COCCN(CC(=O)N(Cc1cccn1Cc1ccc(Br)cc1)C1CCCCC1)S(=O)(=O)C=Cc1ccccc1. The average molecular weight is 629 g/mol. The Labute approximate surface area is 246 Å². The van der Waals surface area contributed by atoms with Crippen molar-refractivity contribution in [2.45, 2.75) is 51.2 Å². The second-order valence-corrected chi connectivity index (χ2v) is 12.9. The third-order valence-corrected chi connectivity index (χ3v) is 9.35. The summed E-state index contributed by atoms with van der Waals surface area (Å²) in [6.07, 6.45) is 8.75. The zero-order valence-corrected chi connectivity index (χ0v) is 25.4. The maximum atomic E-state index is 13.9. The molecule has 0 unspecified atom stereocenters. The topological polar surface area (TPSA) is 71.8 Å². The quantitative estimate of drug-likeness (QED) is 0.236. The molecule has 1 heterocycles. The summed E-state index contributed by atoms with van der Waals surface area (Å²) >= 11 is 3.49. The van der Waals surface area contributed by atoms with E-state index in [0.29, 0.717) is 13.1 Å². The molecule has 1 fully saturated rings. The molecule has 0 radical (unpaired) electrons. The van der Waals surface area contributed by atoms with Crippen LogP contribution in [0.3, 0.4) is 0 Å². The minimum absolute atomic E-state index is 0.0871. The maximum absolute atomic E-state index is 13.9. The number of ether oxygens (including phenoxy) is 1. The van der Waals surface area contributed by atoms with Crippen LogP contribution in [0, 0.1) is 0 Å². The average Bonchev–Trinajstić information content (AvgIpc) is 3.41. The van der Waals surface area contributed by atoms with E-state index >= 15 is 0 Å². The Morgan fingerprint density at radius 2 is 1.75 bits per heavy atom. The third-order valence-electron chi connectivity index (χ3n) is 7.31. The Morgan fingerprint density at radius 1 is 1.02 bits per heavy atom. The Balaban J connectivity index is 1.54. The van der Waals surface area contributed by atoms with Gasteiger partial charge in [-0.25, -0.2) is 8.42 Å². The molecular formula is C31H38BrN3O4S. The lowest BCUT2D eigenvalue weighted by Crippen LogP contribution is -2.47. The van der Waals surface area contributed by atoms with Crippen LogP contribution in [0.2, 0.25) is 0 Å². The molecule has 3 aromatic rings. The van der Waals surface area contributed by atoms with E-state index in [-0.39, 0.29) is 31.6 Å². The van der Waals surface area contributed by atoms with Gasteiger partial charge in [-0.3, -0.25) is 4.79 Å². The molecule has 7 nitrogen and oxygen atoms in total. The van der Waals surface area contributed by atoms with E-state index < -0.39 is 10.0 Å². The fraction of sp³-hybridized carbons (Fsp3) is 0.387. The van der Waals surface area contributed by atoms with Gasteiger partial charge in [0.05, 0.1) is 19.7 Å². The summed E-state index contributed by atoms with van der Waals surface area (Å²) in [6.45, 7) is 1.20. The molecule has 0 N–H and O–H groups in total. The fourth-order valence-electron chi connectivity index (χ4n) is 5.07. The Bertz CT molecular complexity index is 1350. The van der Waals surface area contributed by atoms with E-state index in [4.69, 9.17) is 4.74 Å². The van der Waals surface area contributed by atoms with Gasteiger partial charge in [0.25, 0.3) is 0 Å². The van der Waals surface area contributed by atoms with Crippen LogP contribution in [-0.2, 0) is 32.6 Å². The number of carbonyl (C=O) groups excluding carboxylic acids is 1. The van der Waals surface area contributed by atoms with E-state index in [1.165, 1.54) is 22.4 Å². The molecule has 1 aromatic heterocycles. The van der Waals surface area contributed by atoms with Crippen molar-refractivity contribution in [1.82, 2.24) is 13.8 Å². The summed E-state index contributed by atoms with van der Waals surface area (Å²) in [5.74, 6) is -0.184. The van der Waals surface area contributed by atoms with Gasteiger partial charge in [-0.2, -0.15) is 4.31 Å². The van der Waals surface area contributed by atoms with E-state index in [1.807, 2.05) is 65.7 Å². The number of hydrogen-bond acceptors (Lipinski definition) is 4. The number of methoxy groups -OCH3 is 1. The minimum atomic E-state index is -3.85. The number of sulfonamides is 1. The second kappa shape index (κ2) is 14.8. The monoisotopic (exact) mass is 627 g/mol. The highest BCUT2D eigenvalue weighted by molar-refractivity contribution is 9.10. The molecule has 1 aliphatic carbocycles. The predicted octanol–water partition coefficient (Wildman–Crippen LogP) is 5.91. The normalized spacial score (nSPS) is 14.7. The van der Waals surface area contributed by atoms with Gasteiger partial charge in [0.1, 0.15) is 0 Å². The van der Waals surface area contributed by atoms with Crippen LogP contribution in [0.15, 0.2) is 82.8 Å². The highest BCUT2D eigenvalue weighted by Gasteiger charge is 2.30. The summed E-state index contributed by atoms with van der Waals surface area (Å²) in [5, 5.41) is 1.18. The number of rotatable bonds is 13. The first-order valence-electron chi connectivity index (χ1n) is 13.8. The highest BCUT2D eigenvalue weighted by atomic mass is 79.9. The molecule has 0 bridgehead atoms. The van der Waals surface area contributed by atoms with Crippen molar-refractivity contribution in [3.8, 4) is 0 Å². The lowest BCUT2D eigenvalue weighted by molar-refractivity contribution is -0.135. The molecule has 0 saturated heterocycles. The van der Waals surface area contributed by atoms with Crippen LogP contribution in [0.5, 0.6) is 0 Å². The number of amides is 1. The summed E-state index contributed by atoms with van der Waals surface area (Å²) in [4.78, 5) is 15.8. The number of hydrogen-bond donors (Lipinski definition) is 0. The van der Waals surface area contributed by atoms with Gasteiger partial charge in [0.2, 0.25) is 15.9 Å². The van der Waals surface area contributed by atoms with Gasteiger partial charge in [-0.05, 0) is 54.3 Å². The van der Waals surface area contributed by atoms with Crippen molar-refractivity contribution in [3.63, 3.8) is 0 Å². The Hall–Kier alpha value is -2.72. The lowest BCUT2D eigenvalue weighted by Gasteiger charge is -2.36. The van der Waals surface area contributed by atoms with Gasteiger partial charge in [0, 0.05) is 48.0 Å². The predicted molar refractivity (Wildman–Crippen MR) is 163 cm³/mol. The largest absolute Gasteiger partial charge is 0.383 e. The minimum Gasteiger partial charge on any atom is -0.383 e.